The van der Waals surface area contributed by atoms with Gasteiger partial charge in [0, 0.05) is 22.9 Å². The van der Waals surface area contributed by atoms with Crippen LogP contribution in [0.2, 0.25) is 0 Å². The maximum atomic E-state index is 12.6. The monoisotopic (exact) mass is 391 g/mol. The van der Waals surface area contributed by atoms with Gasteiger partial charge >= 0.3 is 0 Å². The number of hydrogen-bond donors (Lipinski definition) is 1. The maximum Gasteiger partial charge on any atom is 0.255 e. The number of aromatic nitrogens is 2. The van der Waals surface area contributed by atoms with Gasteiger partial charge < -0.3 is 14.8 Å². The Labute approximate surface area is 170 Å². The van der Waals surface area contributed by atoms with Crippen LogP contribution >= 0.6 is 0 Å². The van der Waals surface area contributed by atoms with Crippen LogP contribution in [-0.2, 0) is 0 Å². The number of unbranched alkanes of at least 4 members (excludes halogenated alkanes) is 1. The molecule has 2 aromatic carbocycles. The molecule has 0 spiro atoms. The first-order valence-corrected chi connectivity index (χ1v) is 9.80. The molecule has 3 aromatic rings. The number of nitrogens with one attached hydrogen (secondary N) is 1. The van der Waals surface area contributed by atoms with E-state index in [1.165, 1.54) is 0 Å². The Balaban J connectivity index is 1.65. The van der Waals surface area contributed by atoms with Gasteiger partial charge in [-0.25, -0.2) is 0 Å². The summed E-state index contributed by atoms with van der Waals surface area (Å²) < 4.78 is 11.0. The fourth-order valence-electron chi connectivity index (χ4n) is 2.70. The highest BCUT2D eigenvalue weighted by molar-refractivity contribution is 6.04. The van der Waals surface area contributed by atoms with Crippen LogP contribution in [0.3, 0.4) is 0 Å². The average Bonchev–Trinajstić information content (AvgIpc) is 2.75. The molecule has 150 valence electrons. The van der Waals surface area contributed by atoms with Gasteiger partial charge in [0.15, 0.2) is 0 Å². The minimum Gasteiger partial charge on any atom is -0.494 e. The van der Waals surface area contributed by atoms with E-state index < -0.39 is 0 Å². The first kappa shape index (κ1) is 20.3. The molecule has 0 fully saturated rings. The van der Waals surface area contributed by atoms with Crippen molar-refractivity contribution in [1.29, 1.82) is 0 Å². The van der Waals surface area contributed by atoms with E-state index in [2.05, 4.69) is 22.4 Å². The molecule has 0 saturated carbocycles. The summed E-state index contributed by atoms with van der Waals surface area (Å²) in [5.41, 5.74) is 2.82. The van der Waals surface area contributed by atoms with Crippen LogP contribution in [0.25, 0.3) is 11.3 Å². The molecule has 0 bridgehead atoms. The molecule has 1 heterocycles. The molecule has 29 heavy (non-hydrogen) atoms. The SMILES string of the molecule is CCCCOc1ccc(C(=O)Nc2cccc(-c3ccc(OCC)nn3)c2)cc1. The summed E-state index contributed by atoms with van der Waals surface area (Å²) in [4.78, 5) is 12.6. The lowest BCUT2D eigenvalue weighted by Gasteiger charge is -2.09. The highest BCUT2D eigenvalue weighted by Crippen LogP contribution is 2.22. The van der Waals surface area contributed by atoms with Gasteiger partial charge in [0.2, 0.25) is 5.88 Å². The summed E-state index contributed by atoms with van der Waals surface area (Å²) >= 11 is 0. The molecule has 1 aromatic heterocycles. The van der Waals surface area contributed by atoms with Gasteiger partial charge in [0.1, 0.15) is 5.75 Å². The highest BCUT2D eigenvalue weighted by atomic mass is 16.5. The summed E-state index contributed by atoms with van der Waals surface area (Å²) in [5.74, 6) is 1.08. The molecule has 1 N–H and O–H groups in total. The normalized spacial score (nSPS) is 10.4. The standard InChI is InChI=1S/C23H25N3O3/c1-3-5-15-29-20-11-9-17(10-12-20)23(27)24-19-8-6-7-18(16-19)21-13-14-22(26-25-21)28-4-2/h6-14,16H,3-5,15H2,1-2H3,(H,24,27). The first-order chi connectivity index (χ1) is 14.2. The van der Waals surface area contributed by atoms with Crippen molar-refractivity contribution in [1.82, 2.24) is 10.2 Å². The number of hydrogen-bond acceptors (Lipinski definition) is 5. The van der Waals surface area contributed by atoms with Gasteiger partial charge in [0.05, 0.1) is 18.9 Å². The van der Waals surface area contributed by atoms with Crippen molar-refractivity contribution in [3.05, 3.63) is 66.2 Å². The lowest BCUT2D eigenvalue weighted by molar-refractivity contribution is 0.102. The van der Waals surface area contributed by atoms with Crippen molar-refractivity contribution >= 4 is 11.6 Å². The molecule has 6 heteroatoms. The third-order valence-corrected chi connectivity index (χ3v) is 4.23. The number of nitrogens with zero attached hydrogens (tertiary/aromatic N) is 2. The molecule has 0 saturated heterocycles. The number of rotatable bonds is 9. The summed E-state index contributed by atoms with van der Waals surface area (Å²) in [7, 11) is 0. The van der Waals surface area contributed by atoms with Crippen LogP contribution in [-0.4, -0.2) is 29.3 Å². The molecule has 0 atom stereocenters. The van der Waals surface area contributed by atoms with Gasteiger partial charge in [-0.2, -0.15) is 0 Å². The maximum absolute atomic E-state index is 12.6. The predicted octanol–water partition coefficient (Wildman–Crippen LogP) is 4.97. The van der Waals surface area contributed by atoms with E-state index in [0.717, 1.165) is 24.2 Å². The third-order valence-electron chi connectivity index (χ3n) is 4.23. The van der Waals surface area contributed by atoms with E-state index in [9.17, 15) is 4.79 Å². The quantitative estimate of drug-likeness (QED) is 0.521. The first-order valence-electron chi connectivity index (χ1n) is 9.80. The molecule has 0 aliphatic heterocycles. The van der Waals surface area contributed by atoms with Crippen molar-refractivity contribution in [2.75, 3.05) is 18.5 Å². The second-order valence-electron chi connectivity index (χ2n) is 6.45. The second-order valence-corrected chi connectivity index (χ2v) is 6.45. The van der Waals surface area contributed by atoms with Gasteiger partial charge in [-0.1, -0.05) is 25.5 Å². The lowest BCUT2D eigenvalue weighted by Crippen LogP contribution is -2.11. The predicted molar refractivity (Wildman–Crippen MR) is 113 cm³/mol. The molecule has 0 unspecified atom stereocenters. The van der Waals surface area contributed by atoms with Crippen molar-refractivity contribution < 1.29 is 14.3 Å². The molecule has 0 aliphatic rings. The number of benzene rings is 2. The summed E-state index contributed by atoms with van der Waals surface area (Å²) in [6.07, 6.45) is 2.10. The molecule has 0 aliphatic carbocycles. The Bertz CT molecular complexity index is 925. The summed E-state index contributed by atoms with van der Waals surface area (Å²) in [5, 5.41) is 11.2. The van der Waals surface area contributed by atoms with Crippen LogP contribution in [0.5, 0.6) is 11.6 Å². The van der Waals surface area contributed by atoms with E-state index in [-0.39, 0.29) is 5.91 Å². The number of ether oxygens (including phenoxy) is 2. The smallest absolute Gasteiger partial charge is 0.255 e. The second kappa shape index (κ2) is 10.2. The molecular formula is C23H25N3O3. The summed E-state index contributed by atoms with van der Waals surface area (Å²) in [6.45, 7) is 5.24. The van der Waals surface area contributed by atoms with Crippen molar-refractivity contribution in [3.8, 4) is 22.9 Å². The minimum atomic E-state index is -0.181. The molecular weight excluding hydrogens is 366 g/mol. The Morgan fingerprint density at radius 2 is 1.79 bits per heavy atom. The molecule has 1 amide bonds. The largest absolute Gasteiger partial charge is 0.494 e. The minimum absolute atomic E-state index is 0.181. The average molecular weight is 391 g/mol. The lowest BCUT2D eigenvalue weighted by atomic mass is 10.1. The van der Waals surface area contributed by atoms with E-state index in [1.54, 1.807) is 18.2 Å². The van der Waals surface area contributed by atoms with Crippen LogP contribution < -0.4 is 14.8 Å². The van der Waals surface area contributed by atoms with Gasteiger partial charge in [-0.05, 0) is 55.8 Å². The highest BCUT2D eigenvalue weighted by Gasteiger charge is 2.08. The topological polar surface area (TPSA) is 73.3 Å². The van der Waals surface area contributed by atoms with Crippen molar-refractivity contribution in [2.45, 2.75) is 26.7 Å². The number of carbonyl (C=O) groups excluding carboxylic acids is 1. The molecule has 3 rings (SSSR count). The Kier molecular flexibility index (Phi) is 7.16. The van der Waals surface area contributed by atoms with Crippen LogP contribution in [0.1, 0.15) is 37.0 Å². The van der Waals surface area contributed by atoms with Crippen LogP contribution in [0.4, 0.5) is 5.69 Å². The number of carbonyl (C=O) groups is 1. The van der Waals surface area contributed by atoms with Gasteiger partial charge in [-0.15, -0.1) is 10.2 Å². The summed E-state index contributed by atoms with van der Waals surface area (Å²) in [6, 6.07) is 18.3. The van der Waals surface area contributed by atoms with E-state index >= 15 is 0 Å². The van der Waals surface area contributed by atoms with Crippen molar-refractivity contribution in [3.63, 3.8) is 0 Å². The number of amides is 1. The van der Waals surface area contributed by atoms with E-state index in [0.29, 0.717) is 36.0 Å². The van der Waals surface area contributed by atoms with Crippen molar-refractivity contribution in [2.24, 2.45) is 0 Å². The van der Waals surface area contributed by atoms with E-state index in [1.807, 2.05) is 49.4 Å². The zero-order valence-electron chi connectivity index (χ0n) is 16.7. The van der Waals surface area contributed by atoms with Crippen LogP contribution in [0.15, 0.2) is 60.7 Å². The Hall–Kier alpha value is -3.41. The Morgan fingerprint density at radius 3 is 2.48 bits per heavy atom. The Morgan fingerprint density at radius 1 is 0.966 bits per heavy atom. The van der Waals surface area contributed by atoms with Gasteiger partial charge in [-0.3, -0.25) is 4.79 Å². The fourth-order valence-corrected chi connectivity index (χ4v) is 2.70. The zero-order chi connectivity index (χ0) is 20.5. The third kappa shape index (κ3) is 5.78. The fraction of sp³-hybridized carbons (Fsp3) is 0.261. The van der Waals surface area contributed by atoms with Gasteiger partial charge in [0.25, 0.3) is 5.91 Å². The van der Waals surface area contributed by atoms with E-state index in [4.69, 9.17) is 9.47 Å². The zero-order valence-corrected chi connectivity index (χ0v) is 16.7. The number of anilines is 1. The molecule has 6 nitrogen and oxygen atoms in total. The van der Waals surface area contributed by atoms with Crippen LogP contribution in [0, 0.1) is 0 Å². The molecule has 0 radical (unpaired) electrons.